The van der Waals surface area contributed by atoms with Gasteiger partial charge in [-0.3, -0.25) is 4.79 Å². The molecule has 1 N–H and O–H groups in total. The summed E-state index contributed by atoms with van der Waals surface area (Å²) in [6.45, 7) is 0.442. The molecule has 118 valence electrons. The van der Waals surface area contributed by atoms with Gasteiger partial charge in [-0.2, -0.15) is 0 Å². The van der Waals surface area contributed by atoms with Gasteiger partial charge in [0, 0.05) is 18.4 Å². The lowest BCUT2D eigenvalue weighted by atomic mass is 9.75. The van der Waals surface area contributed by atoms with E-state index in [0.29, 0.717) is 24.4 Å². The lowest BCUT2D eigenvalue weighted by Gasteiger charge is -2.31. The second-order valence-electron chi connectivity index (χ2n) is 9.92. The van der Waals surface area contributed by atoms with Gasteiger partial charge in [0.2, 0.25) is 0 Å². The van der Waals surface area contributed by atoms with Crippen molar-refractivity contribution in [1.29, 1.82) is 0 Å². The van der Waals surface area contributed by atoms with Crippen LogP contribution in [0.3, 0.4) is 0 Å². The molecule has 0 amide bonds. The number of rotatable bonds is 1. The maximum Gasteiger partial charge on any atom is 0.139 e. The van der Waals surface area contributed by atoms with Crippen molar-refractivity contribution in [2.24, 2.45) is 76.9 Å². The van der Waals surface area contributed by atoms with Gasteiger partial charge in [0.25, 0.3) is 0 Å². The van der Waals surface area contributed by atoms with Crippen LogP contribution in [0.2, 0.25) is 0 Å². The third-order valence-electron chi connectivity index (χ3n) is 10.3. The van der Waals surface area contributed by atoms with E-state index >= 15 is 0 Å². The summed E-state index contributed by atoms with van der Waals surface area (Å²) < 4.78 is 0. The smallest absolute Gasteiger partial charge is 0.139 e. The number of ketones is 1. The molecule has 7 rings (SSSR count). The van der Waals surface area contributed by atoms with E-state index in [2.05, 4.69) is 0 Å². The zero-order valence-electron chi connectivity index (χ0n) is 13.1. The molecule has 0 unspecified atom stereocenters. The minimum absolute atomic E-state index is 0.442. The third-order valence-corrected chi connectivity index (χ3v) is 10.3. The predicted octanol–water partition coefficient (Wildman–Crippen LogP) is 2.60. The summed E-state index contributed by atoms with van der Waals surface area (Å²) in [5, 5.41) is 10.3. The minimum atomic E-state index is 0.442. The molecule has 0 saturated heterocycles. The highest BCUT2D eigenvalue weighted by Gasteiger charge is 2.80. The summed E-state index contributed by atoms with van der Waals surface area (Å²) >= 11 is 0. The normalized spacial score (nSPS) is 71.7. The van der Waals surface area contributed by atoms with E-state index in [4.69, 9.17) is 0 Å². The average molecular weight is 298 g/mol. The number of aliphatic hydroxyl groups is 1. The Morgan fingerprint density at radius 3 is 2.32 bits per heavy atom. The van der Waals surface area contributed by atoms with E-state index in [9.17, 15) is 9.90 Å². The Kier molecular flexibility index (Phi) is 1.92. The van der Waals surface area contributed by atoms with Crippen molar-refractivity contribution < 1.29 is 9.90 Å². The topological polar surface area (TPSA) is 37.3 Å². The van der Waals surface area contributed by atoms with Crippen LogP contribution in [0, 0.1) is 76.9 Å². The molecule has 0 bridgehead atoms. The van der Waals surface area contributed by atoms with Gasteiger partial charge in [-0.15, -0.1) is 0 Å². The first-order valence-corrected chi connectivity index (χ1v) is 9.97. The first kappa shape index (κ1) is 12.1. The fraction of sp³-hybridized carbons (Fsp3) is 0.950. The maximum absolute atomic E-state index is 13.2. The molecule has 2 nitrogen and oxygen atoms in total. The van der Waals surface area contributed by atoms with Gasteiger partial charge in [0.15, 0.2) is 0 Å². The maximum atomic E-state index is 13.2. The Bertz CT molecular complexity index is 578. The van der Waals surface area contributed by atoms with E-state index in [0.717, 1.165) is 65.0 Å². The molecule has 0 aliphatic heterocycles. The third kappa shape index (κ3) is 0.951. The Balaban J connectivity index is 1.47. The number of carbonyl (C=O) groups excluding carboxylic acids is 1. The summed E-state index contributed by atoms with van der Waals surface area (Å²) in [4.78, 5) is 13.2. The molecule has 7 aliphatic rings. The fourth-order valence-electron chi connectivity index (χ4n) is 10.6. The lowest BCUT2D eigenvalue weighted by Crippen LogP contribution is -2.29. The average Bonchev–Trinajstić information content (AvgIpc) is 3.26. The number of fused-ring (bicyclic) bond motifs is 5. The van der Waals surface area contributed by atoms with E-state index < -0.39 is 0 Å². The van der Waals surface area contributed by atoms with E-state index in [1.807, 2.05) is 0 Å². The molecule has 7 saturated carbocycles. The number of carbonyl (C=O) groups is 1. The Labute approximate surface area is 132 Å². The van der Waals surface area contributed by atoms with E-state index in [1.54, 1.807) is 0 Å². The van der Waals surface area contributed by atoms with Crippen LogP contribution in [0.5, 0.6) is 0 Å². The number of aliphatic hydroxyl groups excluding tert-OH is 1. The van der Waals surface area contributed by atoms with Crippen molar-refractivity contribution in [1.82, 2.24) is 0 Å². The summed E-state index contributed by atoms with van der Waals surface area (Å²) in [5.74, 6) is 10.4. The van der Waals surface area contributed by atoms with Crippen LogP contribution in [-0.2, 0) is 4.79 Å². The van der Waals surface area contributed by atoms with Crippen molar-refractivity contribution in [3.63, 3.8) is 0 Å². The molecule has 2 heteroatoms. The molecule has 0 aromatic rings. The van der Waals surface area contributed by atoms with Gasteiger partial charge in [-0.1, -0.05) is 6.42 Å². The Hall–Kier alpha value is -0.370. The van der Waals surface area contributed by atoms with Gasteiger partial charge >= 0.3 is 0 Å². The molecule has 0 spiro atoms. The second kappa shape index (κ2) is 3.50. The van der Waals surface area contributed by atoms with Gasteiger partial charge in [0.1, 0.15) is 5.78 Å². The van der Waals surface area contributed by atoms with Crippen molar-refractivity contribution in [2.75, 3.05) is 6.61 Å². The number of hydrogen-bond acceptors (Lipinski definition) is 2. The van der Waals surface area contributed by atoms with Crippen LogP contribution in [-0.4, -0.2) is 17.5 Å². The number of hydrogen-bond donors (Lipinski definition) is 1. The molecule has 13 atom stereocenters. The molecule has 0 aromatic carbocycles. The van der Waals surface area contributed by atoms with Crippen molar-refractivity contribution >= 4 is 5.78 Å². The molecule has 0 heterocycles. The monoisotopic (exact) mass is 298 g/mol. The van der Waals surface area contributed by atoms with Crippen LogP contribution in [0.1, 0.15) is 32.1 Å². The van der Waals surface area contributed by atoms with Crippen LogP contribution in [0.25, 0.3) is 0 Å². The number of Topliss-reactive ketones (excluding diaryl/α,β-unsaturated/α-hetero) is 1. The first-order chi connectivity index (χ1) is 10.8. The predicted molar refractivity (Wildman–Crippen MR) is 80.5 cm³/mol. The van der Waals surface area contributed by atoms with Gasteiger partial charge in [0.05, 0.1) is 0 Å². The van der Waals surface area contributed by atoms with Crippen molar-refractivity contribution in [3.05, 3.63) is 0 Å². The van der Waals surface area contributed by atoms with E-state index in [1.165, 1.54) is 32.1 Å². The van der Waals surface area contributed by atoms with Crippen LogP contribution in [0.4, 0.5) is 0 Å². The van der Waals surface area contributed by atoms with Gasteiger partial charge < -0.3 is 5.11 Å². The summed E-state index contributed by atoms with van der Waals surface area (Å²) in [5.41, 5.74) is 0. The molecule has 0 radical (unpaired) electrons. The summed E-state index contributed by atoms with van der Waals surface area (Å²) in [7, 11) is 0. The highest BCUT2D eigenvalue weighted by atomic mass is 16.3. The first-order valence-electron chi connectivity index (χ1n) is 9.97. The van der Waals surface area contributed by atoms with Gasteiger partial charge in [-0.05, 0) is 90.8 Å². The summed E-state index contributed by atoms with van der Waals surface area (Å²) in [6.07, 6.45) is 6.69. The van der Waals surface area contributed by atoms with Crippen LogP contribution < -0.4 is 0 Å². The highest BCUT2D eigenvalue weighted by molar-refractivity contribution is 5.88. The zero-order valence-corrected chi connectivity index (χ0v) is 13.1. The fourth-order valence-corrected chi connectivity index (χ4v) is 10.6. The molecular formula is C20H26O2. The van der Waals surface area contributed by atoms with E-state index in [-0.39, 0.29) is 0 Å². The van der Waals surface area contributed by atoms with Gasteiger partial charge in [-0.25, -0.2) is 0 Å². The second-order valence-corrected chi connectivity index (χ2v) is 9.92. The quantitative estimate of drug-likeness (QED) is 0.808. The minimum Gasteiger partial charge on any atom is -0.396 e. The Morgan fingerprint density at radius 2 is 1.50 bits per heavy atom. The Morgan fingerprint density at radius 1 is 0.773 bits per heavy atom. The largest absolute Gasteiger partial charge is 0.396 e. The molecule has 7 aliphatic carbocycles. The van der Waals surface area contributed by atoms with Crippen LogP contribution in [0.15, 0.2) is 0 Å². The van der Waals surface area contributed by atoms with Crippen molar-refractivity contribution in [2.45, 2.75) is 32.1 Å². The zero-order chi connectivity index (χ0) is 14.3. The molecule has 0 aromatic heterocycles. The van der Waals surface area contributed by atoms with Crippen LogP contribution >= 0.6 is 0 Å². The SMILES string of the molecule is O=C1[C@H]2[C@H]3[C@H]4[C@H]([C@H]5CC[C@H]1[C@H]53)[C@H](CO)[C@@H]1[C@H]3CCC[C@@H]3[C@@H]2[C@H]14. The van der Waals surface area contributed by atoms with Crippen molar-refractivity contribution in [3.8, 4) is 0 Å². The molecule has 22 heavy (non-hydrogen) atoms. The molecular weight excluding hydrogens is 272 g/mol. The highest BCUT2D eigenvalue weighted by Crippen LogP contribution is 2.82. The molecule has 7 fully saturated rings. The lowest BCUT2D eigenvalue weighted by molar-refractivity contribution is -0.126. The summed E-state index contributed by atoms with van der Waals surface area (Å²) in [6, 6.07) is 0. The standard InChI is InChI=1S/C20H26O2/c21-6-11-12-7-2-1-3-8(7)15-16(12)17-14(11)9-4-5-10-13(9)18(17)19(15)20(10)22/h7-19,21H,1-6H2/t7-,8-,9-,10-,11+,12-,13-,14+,15+,16-,17-,18+,19+/m0/s1.